The van der Waals surface area contributed by atoms with Crippen molar-refractivity contribution in [1.29, 1.82) is 0 Å². The first kappa shape index (κ1) is 24.2. The van der Waals surface area contributed by atoms with Crippen LogP contribution in [0.3, 0.4) is 0 Å². The largest absolute Gasteiger partial charge is 0.463 e. The Labute approximate surface area is 151 Å². The fraction of sp³-hybridized carbons (Fsp3) is 0.812. The van der Waals surface area contributed by atoms with E-state index in [2.05, 4.69) is 0 Å². The van der Waals surface area contributed by atoms with Crippen LogP contribution in [0.1, 0.15) is 40.0 Å². The summed E-state index contributed by atoms with van der Waals surface area (Å²) in [5.41, 5.74) is 0. The van der Waals surface area contributed by atoms with Crippen LogP contribution in [0.25, 0.3) is 0 Å². The Kier molecular flexibility index (Phi) is 11.7. The van der Waals surface area contributed by atoms with Crippen molar-refractivity contribution in [3.05, 3.63) is 0 Å². The number of carbonyl (C=O) groups excluding carboxylic acids is 3. The molecule has 10 nitrogen and oxygen atoms in total. The summed E-state index contributed by atoms with van der Waals surface area (Å²) in [4.78, 5) is 34.5. The summed E-state index contributed by atoms with van der Waals surface area (Å²) in [6.07, 6.45) is -6.54. The molecule has 0 aliphatic heterocycles. The van der Waals surface area contributed by atoms with Gasteiger partial charge in [0.2, 0.25) is 0 Å². The van der Waals surface area contributed by atoms with Gasteiger partial charge >= 0.3 is 17.9 Å². The van der Waals surface area contributed by atoms with Crippen LogP contribution in [0.15, 0.2) is 0 Å². The molecule has 152 valence electrons. The fourth-order valence-corrected chi connectivity index (χ4v) is 1.74. The molecule has 0 amide bonds. The Balaban J connectivity index is 4.70. The van der Waals surface area contributed by atoms with E-state index in [4.69, 9.17) is 24.4 Å². The smallest absolute Gasteiger partial charge is 0.308 e. The van der Waals surface area contributed by atoms with Gasteiger partial charge in [-0.2, -0.15) is 0 Å². The van der Waals surface area contributed by atoms with Crippen LogP contribution < -0.4 is 0 Å². The minimum atomic E-state index is -1.50. The number of rotatable bonds is 12. The lowest BCUT2D eigenvalue weighted by atomic mass is 10.2. The third-order valence-electron chi connectivity index (χ3n) is 2.92. The maximum absolute atomic E-state index is 11.7. The van der Waals surface area contributed by atoms with Gasteiger partial charge in [-0.15, -0.1) is 0 Å². The first-order valence-electron chi connectivity index (χ1n) is 8.24. The molecule has 0 rings (SSSR count). The van der Waals surface area contributed by atoms with E-state index in [-0.39, 0.29) is 19.3 Å². The van der Waals surface area contributed by atoms with Crippen LogP contribution in [0.2, 0.25) is 0 Å². The molecule has 4 N–H and O–H groups in total. The van der Waals surface area contributed by atoms with Crippen molar-refractivity contribution in [3.63, 3.8) is 0 Å². The monoisotopic (exact) mass is 380 g/mol. The van der Waals surface area contributed by atoms with E-state index in [1.807, 2.05) is 0 Å². The molecule has 5 atom stereocenters. The van der Waals surface area contributed by atoms with Crippen molar-refractivity contribution in [2.75, 3.05) is 13.2 Å². The van der Waals surface area contributed by atoms with Gasteiger partial charge in [-0.3, -0.25) is 14.4 Å². The second-order valence-corrected chi connectivity index (χ2v) is 6.12. The van der Waals surface area contributed by atoms with Gasteiger partial charge in [-0.1, -0.05) is 0 Å². The molecular formula is C16H28O10. The standard InChI is InChI=1S/C16H28O10/c1-9(17)4-14(21)24-7-12(20)13(26-16(23)6-11(3)19)8-25-15(22)5-10(2)18/h9-13,17-20H,4-8H2,1-3H3/t9-,10-,11-,12+,13-/m1/s1. The number of ether oxygens (including phenoxy) is 3. The molecule has 0 bridgehead atoms. The SMILES string of the molecule is C[C@@H](O)CC(=O)OC[C@H](O)[C@@H](COC(=O)C[C@@H](C)O)OC(=O)C[C@@H](C)O. The van der Waals surface area contributed by atoms with Crippen molar-refractivity contribution < 1.29 is 49.0 Å². The second-order valence-electron chi connectivity index (χ2n) is 6.12. The van der Waals surface area contributed by atoms with Crippen LogP contribution in [0.4, 0.5) is 0 Å². The van der Waals surface area contributed by atoms with Gasteiger partial charge < -0.3 is 34.6 Å². The number of aliphatic hydroxyl groups excluding tert-OH is 4. The first-order valence-corrected chi connectivity index (χ1v) is 8.24. The van der Waals surface area contributed by atoms with Crippen LogP contribution >= 0.6 is 0 Å². The van der Waals surface area contributed by atoms with Gasteiger partial charge in [-0.05, 0) is 20.8 Å². The third-order valence-corrected chi connectivity index (χ3v) is 2.92. The van der Waals surface area contributed by atoms with Gasteiger partial charge in [-0.25, -0.2) is 0 Å². The summed E-state index contributed by atoms with van der Waals surface area (Å²) in [5.74, 6) is -2.37. The predicted molar refractivity (Wildman–Crippen MR) is 86.7 cm³/mol. The number of carbonyl (C=O) groups is 3. The third kappa shape index (κ3) is 12.6. The van der Waals surface area contributed by atoms with E-state index in [0.29, 0.717) is 0 Å². The summed E-state index contributed by atoms with van der Waals surface area (Å²) in [6.45, 7) is 3.07. The summed E-state index contributed by atoms with van der Waals surface area (Å²) in [6, 6.07) is 0. The van der Waals surface area contributed by atoms with Gasteiger partial charge in [0.25, 0.3) is 0 Å². The zero-order chi connectivity index (χ0) is 20.3. The molecule has 0 fully saturated rings. The van der Waals surface area contributed by atoms with Gasteiger partial charge in [0.1, 0.15) is 19.3 Å². The highest BCUT2D eigenvalue weighted by Gasteiger charge is 2.27. The molecule has 26 heavy (non-hydrogen) atoms. The van der Waals surface area contributed by atoms with Gasteiger partial charge in [0.05, 0.1) is 37.6 Å². The quantitative estimate of drug-likeness (QED) is 0.236. The molecule has 0 aromatic rings. The molecule has 10 heteroatoms. The van der Waals surface area contributed by atoms with Crippen molar-refractivity contribution in [2.24, 2.45) is 0 Å². The summed E-state index contributed by atoms with van der Waals surface area (Å²) >= 11 is 0. The van der Waals surface area contributed by atoms with E-state index in [0.717, 1.165) is 0 Å². The predicted octanol–water partition coefficient (Wildman–Crippen LogP) is -1.34. The normalized spacial score (nSPS) is 16.7. The van der Waals surface area contributed by atoms with E-state index in [9.17, 15) is 24.6 Å². The Bertz CT molecular complexity index is 446. The number of hydrogen-bond donors (Lipinski definition) is 4. The molecular weight excluding hydrogens is 352 g/mol. The topological polar surface area (TPSA) is 160 Å². The van der Waals surface area contributed by atoms with Crippen molar-refractivity contribution >= 4 is 17.9 Å². The van der Waals surface area contributed by atoms with Crippen molar-refractivity contribution in [3.8, 4) is 0 Å². The Morgan fingerprint density at radius 1 is 0.692 bits per heavy atom. The molecule has 0 saturated heterocycles. The minimum absolute atomic E-state index is 0.275. The van der Waals surface area contributed by atoms with Gasteiger partial charge in [0.15, 0.2) is 6.10 Å². The maximum Gasteiger partial charge on any atom is 0.308 e. The highest BCUT2D eigenvalue weighted by Crippen LogP contribution is 2.08. The average Bonchev–Trinajstić information content (AvgIpc) is 2.46. The highest BCUT2D eigenvalue weighted by atomic mass is 16.6. The Morgan fingerprint density at radius 3 is 1.50 bits per heavy atom. The molecule has 0 spiro atoms. The molecule has 0 radical (unpaired) electrons. The van der Waals surface area contributed by atoms with E-state index < -0.39 is 61.6 Å². The lowest BCUT2D eigenvalue weighted by molar-refractivity contribution is -0.173. The Morgan fingerprint density at radius 2 is 1.08 bits per heavy atom. The Hall–Kier alpha value is -1.75. The lowest BCUT2D eigenvalue weighted by Crippen LogP contribution is -2.40. The second kappa shape index (κ2) is 12.6. The van der Waals surface area contributed by atoms with Crippen molar-refractivity contribution in [2.45, 2.75) is 70.6 Å². The molecule has 0 saturated carbocycles. The number of hydrogen-bond acceptors (Lipinski definition) is 10. The zero-order valence-electron chi connectivity index (χ0n) is 15.2. The summed E-state index contributed by atoms with van der Waals surface area (Å²) in [5, 5.41) is 37.4. The molecule has 0 aliphatic carbocycles. The zero-order valence-corrected chi connectivity index (χ0v) is 15.2. The van der Waals surface area contributed by atoms with E-state index in [1.54, 1.807) is 0 Å². The van der Waals surface area contributed by atoms with Crippen LogP contribution in [-0.2, 0) is 28.6 Å². The lowest BCUT2D eigenvalue weighted by Gasteiger charge is -2.23. The highest BCUT2D eigenvalue weighted by molar-refractivity contribution is 5.71. The average molecular weight is 380 g/mol. The van der Waals surface area contributed by atoms with E-state index in [1.165, 1.54) is 20.8 Å². The molecule has 0 heterocycles. The van der Waals surface area contributed by atoms with Gasteiger partial charge in [0, 0.05) is 0 Å². The number of esters is 3. The summed E-state index contributed by atoms with van der Waals surface area (Å²) in [7, 11) is 0. The molecule has 0 aliphatic rings. The first-order chi connectivity index (χ1) is 12.0. The fourth-order valence-electron chi connectivity index (χ4n) is 1.74. The summed E-state index contributed by atoms with van der Waals surface area (Å²) < 4.78 is 14.6. The van der Waals surface area contributed by atoms with E-state index >= 15 is 0 Å². The molecule has 0 unspecified atom stereocenters. The number of aliphatic hydroxyl groups is 4. The van der Waals surface area contributed by atoms with Crippen LogP contribution in [0.5, 0.6) is 0 Å². The van der Waals surface area contributed by atoms with Crippen molar-refractivity contribution in [1.82, 2.24) is 0 Å². The van der Waals surface area contributed by atoms with Crippen LogP contribution in [0, 0.1) is 0 Å². The minimum Gasteiger partial charge on any atom is -0.463 e. The maximum atomic E-state index is 11.7. The molecule has 0 aromatic carbocycles. The van der Waals surface area contributed by atoms with Crippen LogP contribution in [-0.4, -0.2) is 82.1 Å². The molecule has 0 aromatic heterocycles.